The van der Waals surface area contributed by atoms with Gasteiger partial charge in [0.15, 0.2) is 6.10 Å². The van der Waals surface area contributed by atoms with Crippen LogP contribution >= 0.6 is 7.82 Å². The van der Waals surface area contributed by atoms with E-state index in [1.807, 2.05) is 12.2 Å². The van der Waals surface area contributed by atoms with Gasteiger partial charge in [0.25, 0.3) is 0 Å². The fraction of sp³-hybridized carbons (Fsp3) is 0.714. The van der Waals surface area contributed by atoms with Crippen LogP contribution in [0.3, 0.4) is 0 Å². The molecular weight excluding hydrogens is 743 g/mol. The second-order valence-corrected chi connectivity index (χ2v) is 15.5. The fourth-order valence-corrected chi connectivity index (χ4v) is 6.76. The summed E-state index contributed by atoms with van der Waals surface area (Å²) in [5.74, 6) is -1.17. The normalized spacial score (nSPS) is 23.5. The number of esters is 2. The minimum atomic E-state index is -5.12. The molecule has 8 atom stereocenters. The van der Waals surface area contributed by atoms with E-state index in [1.54, 1.807) is 0 Å². The van der Waals surface area contributed by atoms with Crippen LogP contribution in [0, 0.1) is 0 Å². The van der Waals surface area contributed by atoms with Crippen LogP contribution in [-0.4, -0.2) is 98.3 Å². The van der Waals surface area contributed by atoms with Crippen molar-refractivity contribution in [2.45, 2.75) is 179 Å². The van der Waals surface area contributed by atoms with Crippen LogP contribution in [-0.2, 0) is 32.7 Å². The second-order valence-electron chi connectivity index (χ2n) is 14.1. The lowest BCUT2D eigenvalue weighted by atomic mass is 9.85. The molecule has 1 aliphatic carbocycles. The van der Waals surface area contributed by atoms with Crippen LogP contribution in [0.15, 0.2) is 60.8 Å². The van der Waals surface area contributed by atoms with Gasteiger partial charge < -0.3 is 39.9 Å². The summed E-state index contributed by atoms with van der Waals surface area (Å²) in [6.45, 7) is 3.08. The molecule has 6 N–H and O–H groups in total. The van der Waals surface area contributed by atoms with Crippen LogP contribution in [0.5, 0.6) is 0 Å². The molecule has 1 saturated carbocycles. The van der Waals surface area contributed by atoms with Gasteiger partial charge in [-0.3, -0.25) is 18.6 Å². The van der Waals surface area contributed by atoms with Crippen molar-refractivity contribution in [2.24, 2.45) is 0 Å². The fourth-order valence-electron chi connectivity index (χ4n) is 5.79. The number of ether oxygens (including phenoxy) is 2. The van der Waals surface area contributed by atoms with Crippen molar-refractivity contribution in [3.63, 3.8) is 0 Å². The van der Waals surface area contributed by atoms with Gasteiger partial charge in [0.1, 0.15) is 43.2 Å². The van der Waals surface area contributed by atoms with Gasteiger partial charge in [-0.1, -0.05) is 132 Å². The number of unbranched alkanes of at least 4 members (excludes halogenated alkanes) is 10. The Bertz CT molecular complexity index is 1220. The minimum Gasteiger partial charge on any atom is -0.462 e. The Hall–Kier alpha value is -2.45. The van der Waals surface area contributed by atoms with Crippen molar-refractivity contribution in [3.8, 4) is 0 Å². The highest BCUT2D eigenvalue weighted by Gasteiger charge is 2.51. The average Bonchev–Trinajstić information content (AvgIpc) is 3.18. The molecule has 14 heteroatoms. The first-order valence-corrected chi connectivity index (χ1v) is 22.1. The number of rotatable bonds is 32. The Morgan fingerprint density at radius 2 is 1.02 bits per heavy atom. The number of hydrogen-bond donors (Lipinski definition) is 6. The molecule has 1 rings (SSSR count). The van der Waals surface area contributed by atoms with E-state index in [0.717, 1.165) is 57.8 Å². The third-order valence-electron chi connectivity index (χ3n) is 9.12. The highest BCUT2D eigenvalue weighted by molar-refractivity contribution is 7.47. The molecule has 0 bridgehead atoms. The SMILES string of the molecule is CC/C=C\C/C=C\C/C=C\C/C=C\C/C=C\CCCC(=O)OC[C@H](COP(=O)(O)OC1C(O)C(O)C(O)[C@@H](O)C1O)OC(=O)CCCCCCCCCCCC. The molecule has 1 fully saturated rings. The molecule has 0 radical (unpaired) electrons. The van der Waals surface area contributed by atoms with Crippen LogP contribution < -0.4 is 0 Å². The van der Waals surface area contributed by atoms with E-state index in [-0.39, 0.29) is 12.8 Å². The molecule has 0 spiro atoms. The van der Waals surface area contributed by atoms with Crippen molar-refractivity contribution >= 4 is 19.8 Å². The lowest BCUT2D eigenvalue weighted by molar-refractivity contribution is -0.220. The van der Waals surface area contributed by atoms with Crippen molar-refractivity contribution in [2.75, 3.05) is 13.2 Å². The summed E-state index contributed by atoms with van der Waals surface area (Å²) in [7, 11) is -5.12. The van der Waals surface area contributed by atoms with E-state index in [9.17, 15) is 44.6 Å². The molecule has 13 nitrogen and oxygen atoms in total. The van der Waals surface area contributed by atoms with E-state index >= 15 is 0 Å². The molecule has 322 valence electrons. The lowest BCUT2D eigenvalue weighted by Crippen LogP contribution is -2.64. The van der Waals surface area contributed by atoms with Gasteiger partial charge in [-0.25, -0.2) is 4.57 Å². The lowest BCUT2D eigenvalue weighted by Gasteiger charge is -2.41. The number of aliphatic hydroxyl groups is 5. The minimum absolute atomic E-state index is 0.0834. The zero-order valence-electron chi connectivity index (χ0n) is 33.7. The molecule has 0 aromatic rings. The van der Waals surface area contributed by atoms with E-state index in [4.69, 9.17) is 18.5 Å². The molecular formula is C42H71O13P. The average molecular weight is 815 g/mol. The molecule has 0 saturated heterocycles. The predicted molar refractivity (Wildman–Crippen MR) is 216 cm³/mol. The van der Waals surface area contributed by atoms with Crippen LogP contribution in [0.2, 0.25) is 0 Å². The van der Waals surface area contributed by atoms with Crippen LogP contribution in [0.4, 0.5) is 0 Å². The van der Waals surface area contributed by atoms with Gasteiger partial charge in [-0.05, 0) is 51.4 Å². The smallest absolute Gasteiger partial charge is 0.462 e. The first-order chi connectivity index (χ1) is 26.9. The van der Waals surface area contributed by atoms with Crippen molar-refractivity contribution in [1.29, 1.82) is 0 Å². The Labute approximate surface area is 334 Å². The maximum absolute atomic E-state index is 12.7. The number of allylic oxidation sites excluding steroid dienone is 10. The second kappa shape index (κ2) is 32.5. The van der Waals surface area contributed by atoms with Crippen molar-refractivity contribution in [1.82, 2.24) is 0 Å². The zero-order valence-corrected chi connectivity index (χ0v) is 34.5. The monoisotopic (exact) mass is 814 g/mol. The number of carbonyl (C=O) groups is 2. The summed E-state index contributed by atoms with van der Waals surface area (Å²) in [4.78, 5) is 35.5. The number of carbonyl (C=O) groups excluding carboxylic acids is 2. The Morgan fingerprint density at radius 3 is 1.54 bits per heavy atom. The van der Waals surface area contributed by atoms with Crippen molar-refractivity contribution < 1.29 is 63.1 Å². The summed E-state index contributed by atoms with van der Waals surface area (Å²) in [6.07, 6.45) is 24.5. The van der Waals surface area contributed by atoms with Crippen LogP contribution in [0.25, 0.3) is 0 Å². The van der Waals surface area contributed by atoms with E-state index in [2.05, 4.69) is 62.5 Å². The molecule has 0 heterocycles. The molecule has 6 unspecified atom stereocenters. The third-order valence-corrected chi connectivity index (χ3v) is 10.1. The zero-order chi connectivity index (χ0) is 41.4. The Morgan fingerprint density at radius 1 is 0.571 bits per heavy atom. The summed E-state index contributed by atoms with van der Waals surface area (Å²) < 4.78 is 33.3. The highest BCUT2D eigenvalue weighted by atomic mass is 31.2. The maximum atomic E-state index is 12.7. The van der Waals surface area contributed by atoms with Gasteiger partial charge >= 0.3 is 19.8 Å². The number of aliphatic hydroxyl groups excluding tert-OH is 5. The number of phosphoric acid groups is 1. The Balaban J connectivity index is 2.54. The van der Waals surface area contributed by atoms with Crippen LogP contribution in [0.1, 0.15) is 136 Å². The molecule has 0 aromatic carbocycles. The summed E-state index contributed by atoms with van der Waals surface area (Å²) in [6, 6.07) is 0. The van der Waals surface area contributed by atoms with Gasteiger partial charge in [-0.2, -0.15) is 0 Å². The molecule has 0 amide bonds. The molecule has 1 aliphatic rings. The van der Waals surface area contributed by atoms with Gasteiger partial charge in [0.05, 0.1) is 6.61 Å². The Kier molecular flexibility index (Phi) is 29.9. The first-order valence-electron chi connectivity index (χ1n) is 20.6. The summed E-state index contributed by atoms with van der Waals surface area (Å²) >= 11 is 0. The van der Waals surface area contributed by atoms with E-state index < -0.39 is 75.7 Å². The summed E-state index contributed by atoms with van der Waals surface area (Å²) in [5, 5.41) is 50.0. The van der Waals surface area contributed by atoms with Gasteiger partial charge in [-0.15, -0.1) is 0 Å². The van der Waals surface area contributed by atoms with E-state index in [0.29, 0.717) is 19.3 Å². The largest absolute Gasteiger partial charge is 0.472 e. The number of hydrogen-bond acceptors (Lipinski definition) is 12. The highest BCUT2D eigenvalue weighted by Crippen LogP contribution is 2.47. The first kappa shape index (κ1) is 51.6. The van der Waals surface area contributed by atoms with Gasteiger partial charge in [0, 0.05) is 12.8 Å². The standard InChI is InChI=1S/C42H71O13P/c1-3-5-7-9-11-13-15-16-17-18-19-20-21-23-24-26-28-30-35(43)52-32-34(54-36(44)31-29-27-25-22-14-12-10-8-6-4-2)33-53-56(50,51)55-42-40(48)38(46)37(45)39(47)41(42)49/h5,7,11,13,16-17,19-20,23-24,34,37-42,45-49H,3-4,6,8-10,12,14-15,18,21-22,25-33H2,1-2H3,(H,50,51)/b7-5-,13-11-,17-16-,20-19-,24-23-/t34-,37?,38-,39?,40?,41?,42?/m1/s1. The van der Waals surface area contributed by atoms with Gasteiger partial charge in [0.2, 0.25) is 0 Å². The van der Waals surface area contributed by atoms with Crippen molar-refractivity contribution in [3.05, 3.63) is 60.8 Å². The van der Waals surface area contributed by atoms with E-state index in [1.165, 1.54) is 32.1 Å². The maximum Gasteiger partial charge on any atom is 0.472 e. The molecule has 0 aliphatic heterocycles. The quantitative estimate of drug-likeness (QED) is 0.0175. The summed E-state index contributed by atoms with van der Waals surface area (Å²) in [5.41, 5.74) is 0. The molecule has 56 heavy (non-hydrogen) atoms. The third kappa shape index (κ3) is 25.0. The predicted octanol–water partition coefficient (Wildman–Crippen LogP) is 6.99. The molecule has 0 aromatic heterocycles. The topological polar surface area (TPSA) is 210 Å². The number of phosphoric ester groups is 1.